The molecule has 0 spiro atoms. The molecule has 1 atom stereocenters. The van der Waals surface area contributed by atoms with Crippen LogP contribution in [0, 0.1) is 19.3 Å². The Kier molecular flexibility index (Phi) is 5.40. The summed E-state index contributed by atoms with van der Waals surface area (Å²) in [5.41, 5.74) is 0.840. The Balaban J connectivity index is 1.73. The van der Waals surface area contributed by atoms with E-state index in [4.69, 9.17) is 4.74 Å². The van der Waals surface area contributed by atoms with E-state index >= 15 is 0 Å². The number of anilines is 1. The van der Waals surface area contributed by atoms with Crippen LogP contribution in [0.1, 0.15) is 30.7 Å². The van der Waals surface area contributed by atoms with E-state index in [0.717, 1.165) is 35.9 Å². The number of nitrogens with zero attached hydrogens (tertiary/aromatic N) is 3. The summed E-state index contributed by atoms with van der Waals surface area (Å²) in [7, 11) is 0. The third-order valence-electron chi connectivity index (χ3n) is 4.97. The van der Waals surface area contributed by atoms with E-state index in [1.165, 1.54) is 0 Å². The van der Waals surface area contributed by atoms with E-state index in [2.05, 4.69) is 14.9 Å². The van der Waals surface area contributed by atoms with Gasteiger partial charge in [-0.25, -0.2) is 4.98 Å². The van der Waals surface area contributed by atoms with Crippen molar-refractivity contribution in [1.29, 1.82) is 0 Å². The Bertz CT molecular complexity index is 766. The molecule has 2 heterocycles. The van der Waals surface area contributed by atoms with Crippen LogP contribution in [0.5, 0.6) is 5.75 Å². The summed E-state index contributed by atoms with van der Waals surface area (Å²) >= 11 is 0. The Morgan fingerprint density at radius 2 is 2.08 bits per heavy atom. The first-order chi connectivity index (χ1) is 12.5. The van der Waals surface area contributed by atoms with Crippen LogP contribution in [-0.4, -0.2) is 40.7 Å². The number of rotatable bonds is 6. The van der Waals surface area contributed by atoms with E-state index in [-0.39, 0.29) is 0 Å². The van der Waals surface area contributed by atoms with E-state index in [1.807, 2.05) is 44.2 Å². The molecule has 3 rings (SSSR count). The summed E-state index contributed by atoms with van der Waals surface area (Å²) in [6, 6.07) is 9.50. The van der Waals surface area contributed by atoms with Gasteiger partial charge in [-0.2, -0.15) is 0 Å². The molecule has 1 aromatic carbocycles. The quantitative estimate of drug-likeness (QED) is 0.857. The predicted molar refractivity (Wildman–Crippen MR) is 99.6 cm³/mol. The predicted octanol–water partition coefficient (Wildman–Crippen LogP) is 3.23. The van der Waals surface area contributed by atoms with Crippen molar-refractivity contribution >= 4 is 11.8 Å². The molecule has 138 valence electrons. The van der Waals surface area contributed by atoms with Gasteiger partial charge in [-0.05, 0) is 45.2 Å². The lowest BCUT2D eigenvalue weighted by molar-refractivity contribution is -0.150. The number of carboxylic acids is 1. The molecule has 0 aliphatic carbocycles. The first-order valence-electron chi connectivity index (χ1n) is 8.97. The molecule has 0 radical (unpaired) electrons. The van der Waals surface area contributed by atoms with Gasteiger partial charge in [0.25, 0.3) is 0 Å². The van der Waals surface area contributed by atoms with Gasteiger partial charge in [0.2, 0.25) is 0 Å². The number of hydrogen-bond donors (Lipinski definition) is 1. The van der Waals surface area contributed by atoms with Crippen LogP contribution in [0.25, 0.3) is 0 Å². The number of piperidine rings is 1. The molecule has 6 nitrogen and oxygen atoms in total. The molecule has 0 unspecified atom stereocenters. The second-order valence-corrected chi connectivity index (χ2v) is 6.94. The fraction of sp³-hybridized carbons (Fsp3) is 0.450. The maximum absolute atomic E-state index is 12.1. The van der Waals surface area contributed by atoms with Crippen molar-refractivity contribution in [3.05, 3.63) is 47.9 Å². The molecule has 0 saturated carbocycles. The van der Waals surface area contributed by atoms with Crippen LogP contribution >= 0.6 is 0 Å². The highest BCUT2D eigenvalue weighted by molar-refractivity contribution is 5.76. The molecule has 1 N–H and O–H groups in total. The van der Waals surface area contributed by atoms with Crippen LogP contribution in [0.4, 0.5) is 5.82 Å². The minimum absolute atomic E-state index is 0.378. The Morgan fingerprint density at radius 3 is 2.81 bits per heavy atom. The van der Waals surface area contributed by atoms with Crippen molar-refractivity contribution in [3.8, 4) is 5.75 Å². The minimum Gasteiger partial charge on any atom is -0.494 e. The zero-order valence-electron chi connectivity index (χ0n) is 15.3. The Labute approximate surface area is 153 Å². The number of hydrogen-bond acceptors (Lipinski definition) is 5. The lowest BCUT2D eigenvalue weighted by atomic mass is 9.77. The lowest BCUT2D eigenvalue weighted by Gasteiger charge is -2.40. The van der Waals surface area contributed by atoms with Crippen LogP contribution in [0.2, 0.25) is 0 Å². The van der Waals surface area contributed by atoms with Crippen molar-refractivity contribution in [2.24, 2.45) is 5.41 Å². The van der Waals surface area contributed by atoms with Crippen molar-refractivity contribution < 1.29 is 14.6 Å². The zero-order valence-corrected chi connectivity index (χ0v) is 15.3. The molecule has 0 amide bonds. The summed E-state index contributed by atoms with van der Waals surface area (Å²) in [5.74, 6) is 0.789. The van der Waals surface area contributed by atoms with Crippen molar-refractivity contribution in [3.63, 3.8) is 0 Å². The fourth-order valence-corrected chi connectivity index (χ4v) is 3.50. The van der Waals surface area contributed by atoms with Gasteiger partial charge in [0, 0.05) is 19.3 Å². The highest BCUT2D eigenvalue weighted by atomic mass is 16.5. The average Bonchev–Trinajstić information content (AvgIpc) is 2.65. The number of para-hydroxylation sites is 1. The highest BCUT2D eigenvalue weighted by Crippen LogP contribution is 2.36. The van der Waals surface area contributed by atoms with Crippen molar-refractivity contribution in [2.75, 3.05) is 24.6 Å². The third-order valence-corrected chi connectivity index (χ3v) is 4.97. The van der Waals surface area contributed by atoms with Crippen LogP contribution in [-0.2, 0) is 4.79 Å². The molecular formula is C20H25N3O3. The Hall–Kier alpha value is -2.63. The van der Waals surface area contributed by atoms with Crippen LogP contribution in [0.15, 0.2) is 36.5 Å². The van der Waals surface area contributed by atoms with E-state index in [0.29, 0.717) is 26.0 Å². The van der Waals surface area contributed by atoms with Crippen LogP contribution < -0.4 is 9.64 Å². The monoisotopic (exact) mass is 355 g/mol. The normalized spacial score (nSPS) is 20.0. The largest absolute Gasteiger partial charge is 0.494 e. The smallest absolute Gasteiger partial charge is 0.311 e. The first-order valence-corrected chi connectivity index (χ1v) is 8.97. The number of aryl methyl sites for hydroxylation is 2. The molecule has 1 aliphatic rings. The van der Waals surface area contributed by atoms with Gasteiger partial charge in [-0.15, -0.1) is 0 Å². The number of aliphatic carboxylic acids is 1. The molecule has 1 aromatic heterocycles. The number of ether oxygens (including phenoxy) is 1. The molecule has 26 heavy (non-hydrogen) atoms. The molecule has 1 saturated heterocycles. The summed E-state index contributed by atoms with van der Waals surface area (Å²) in [6.45, 7) is 5.42. The summed E-state index contributed by atoms with van der Waals surface area (Å²) < 4.78 is 5.76. The average molecular weight is 355 g/mol. The minimum atomic E-state index is -0.828. The van der Waals surface area contributed by atoms with Gasteiger partial charge in [-0.1, -0.05) is 18.2 Å². The van der Waals surface area contributed by atoms with Gasteiger partial charge in [0.05, 0.1) is 23.4 Å². The summed E-state index contributed by atoms with van der Waals surface area (Å²) in [4.78, 5) is 23.2. The summed E-state index contributed by atoms with van der Waals surface area (Å²) in [5, 5.41) is 9.96. The number of benzene rings is 1. The molecule has 0 bridgehead atoms. The fourth-order valence-electron chi connectivity index (χ4n) is 3.50. The zero-order chi connectivity index (χ0) is 18.6. The third kappa shape index (κ3) is 3.95. The van der Waals surface area contributed by atoms with Gasteiger partial charge < -0.3 is 14.7 Å². The van der Waals surface area contributed by atoms with Gasteiger partial charge in [-0.3, -0.25) is 9.78 Å². The SMILES string of the molecule is Cc1cnc(C)c(N2CCC[C@](CCOc3ccccc3)(C(=O)O)C2)n1. The standard InChI is InChI=1S/C20H25N3O3/c1-15-13-21-16(2)18(22-15)23-11-6-9-20(14-23,19(24)25)10-12-26-17-7-4-3-5-8-17/h3-5,7-8,13H,6,9-12,14H2,1-2H3,(H,24,25)/t20-/m1/s1. The topological polar surface area (TPSA) is 75.6 Å². The van der Waals surface area contributed by atoms with Gasteiger partial charge in [0.1, 0.15) is 11.6 Å². The second kappa shape index (κ2) is 7.72. The van der Waals surface area contributed by atoms with Gasteiger partial charge >= 0.3 is 5.97 Å². The van der Waals surface area contributed by atoms with E-state index in [1.54, 1.807) is 6.20 Å². The molecule has 1 fully saturated rings. The van der Waals surface area contributed by atoms with Crippen molar-refractivity contribution in [1.82, 2.24) is 9.97 Å². The summed E-state index contributed by atoms with van der Waals surface area (Å²) in [6.07, 6.45) is 3.66. The number of carbonyl (C=O) groups is 1. The molecule has 1 aliphatic heterocycles. The lowest BCUT2D eigenvalue weighted by Crippen LogP contribution is -2.49. The number of aromatic nitrogens is 2. The molecule has 2 aromatic rings. The highest BCUT2D eigenvalue weighted by Gasteiger charge is 2.43. The second-order valence-electron chi connectivity index (χ2n) is 6.94. The maximum Gasteiger partial charge on any atom is 0.311 e. The molecular weight excluding hydrogens is 330 g/mol. The molecule has 6 heteroatoms. The van der Waals surface area contributed by atoms with E-state index in [9.17, 15) is 9.90 Å². The van der Waals surface area contributed by atoms with Crippen molar-refractivity contribution in [2.45, 2.75) is 33.1 Å². The van der Waals surface area contributed by atoms with Crippen LogP contribution in [0.3, 0.4) is 0 Å². The first kappa shape index (κ1) is 18.2. The van der Waals surface area contributed by atoms with Gasteiger partial charge in [0.15, 0.2) is 0 Å². The number of carboxylic acid groups (broad SMARTS) is 1. The Morgan fingerprint density at radius 1 is 1.31 bits per heavy atom. The maximum atomic E-state index is 12.1. The van der Waals surface area contributed by atoms with E-state index < -0.39 is 11.4 Å².